The van der Waals surface area contributed by atoms with Crippen molar-refractivity contribution in [1.82, 2.24) is 0 Å². The summed E-state index contributed by atoms with van der Waals surface area (Å²) in [6, 6.07) is 12.6. The van der Waals surface area contributed by atoms with Crippen LogP contribution in [-0.2, 0) is 4.79 Å². The lowest BCUT2D eigenvalue weighted by molar-refractivity contribution is -0.117. The molecule has 4 nitrogen and oxygen atoms in total. The summed E-state index contributed by atoms with van der Waals surface area (Å²) in [7, 11) is 0. The Morgan fingerprint density at radius 3 is 2.62 bits per heavy atom. The fourth-order valence-corrected chi connectivity index (χ4v) is 2.66. The van der Waals surface area contributed by atoms with Crippen LogP contribution >= 0.6 is 11.8 Å². The second-order valence-corrected chi connectivity index (χ2v) is 5.98. The van der Waals surface area contributed by atoms with E-state index in [1.807, 2.05) is 13.0 Å². The lowest BCUT2D eigenvalue weighted by Gasteiger charge is -2.11. The second kappa shape index (κ2) is 7.75. The smallest absolute Gasteiger partial charge is 0.249 e. The van der Waals surface area contributed by atoms with Gasteiger partial charge in [-0.25, -0.2) is 4.39 Å². The summed E-state index contributed by atoms with van der Waals surface area (Å²) >= 11 is 1.15. The van der Waals surface area contributed by atoms with Crippen LogP contribution in [0.3, 0.4) is 0 Å². The summed E-state index contributed by atoms with van der Waals surface area (Å²) in [6.45, 7) is 1.87. The number of halogens is 1. The molecular weight excluding hydrogens is 327 g/mol. The lowest BCUT2D eigenvalue weighted by Crippen LogP contribution is -2.28. The van der Waals surface area contributed by atoms with Gasteiger partial charge in [-0.15, -0.1) is 11.8 Å². The van der Waals surface area contributed by atoms with Crippen LogP contribution in [0.4, 0.5) is 10.1 Å². The fraction of sp³-hybridized carbons (Fsp3) is 0.167. The maximum atomic E-state index is 13.5. The topological polar surface area (TPSA) is 70.0 Å². The number of rotatable bonds is 5. The number of nitrogens with one attached hydrogen (secondary N) is 1. The van der Waals surface area contributed by atoms with Gasteiger partial charge in [0.25, 0.3) is 0 Å². The van der Waals surface area contributed by atoms with Crippen LogP contribution in [0.1, 0.15) is 15.9 Å². The number of Topliss-reactive ketones (excluding diaryl/α,β-unsaturated/α-hetero) is 1. The maximum Gasteiger partial charge on any atom is 0.249 e. The molecule has 2 aromatic carbocycles. The van der Waals surface area contributed by atoms with E-state index in [1.54, 1.807) is 30.5 Å². The van der Waals surface area contributed by atoms with Gasteiger partial charge in [-0.3, -0.25) is 9.59 Å². The van der Waals surface area contributed by atoms with Crippen LogP contribution in [0.5, 0.6) is 0 Å². The Hall–Kier alpha value is -2.65. The number of thioether (sulfide) groups is 1. The lowest BCUT2D eigenvalue weighted by atomic mass is 9.98. The van der Waals surface area contributed by atoms with E-state index in [2.05, 4.69) is 5.32 Å². The van der Waals surface area contributed by atoms with Crippen molar-refractivity contribution in [1.29, 1.82) is 5.26 Å². The molecule has 1 N–H and O–H groups in total. The van der Waals surface area contributed by atoms with E-state index in [1.165, 1.54) is 12.1 Å². The fourth-order valence-electron chi connectivity index (χ4n) is 2.15. The number of nitriles is 1. The predicted molar refractivity (Wildman–Crippen MR) is 91.4 cm³/mol. The first-order chi connectivity index (χ1) is 11.5. The standard InChI is InChI=1S/C18H15FN2O2S/c1-11-4-3-5-13(8-11)21-18(23)14(10-20)17(22)12-6-7-15(19)16(9-12)24-2/h3-9,14H,1-2H3,(H,21,23)/t14-/m0/s1. The van der Waals surface area contributed by atoms with Crippen molar-refractivity contribution in [3.05, 3.63) is 59.4 Å². The van der Waals surface area contributed by atoms with Crippen LogP contribution in [0.2, 0.25) is 0 Å². The van der Waals surface area contributed by atoms with E-state index < -0.39 is 23.4 Å². The van der Waals surface area contributed by atoms with Gasteiger partial charge in [0, 0.05) is 16.1 Å². The van der Waals surface area contributed by atoms with Crippen LogP contribution in [0.25, 0.3) is 0 Å². The maximum absolute atomic E-state index is 13.5. The number of ketones is 1. The molecule has 0 spiro atoms. The molecule has 122 valence electrons. The van der Waals surface area contributed by atoms with Crippen molar-refractivity contribution in [2.45, 2.75) is 11.8 Å². The number of anilines is 1. The summed E-state index contributed by atoms with van der Waals surface area (Å²) in [6.07, 6.45) is 1.68. The number of hydrogen-bond acceptors (Lipinski definition) is 4. The molecule has 0 fully saturated rings. The van der Waals surface area contributed by atoms with Gasteiger partial charge in [0.15, 0.2) is 11.7 Å². The molecule has 0 bridgehead atoms. The third-order valence-corrected chi connectivity index (χ3v) is 4.13. The molecule has 1 amide bonds. The third kappa shape index (κ3) is 4.00. The normalized spacial score (nSPS) is 11.4. The molecule has 2 rings (SSSR count). The minimum atomic E-state index is -1.49. The highest BCUT2D eigenvalue weighted by Gasteiger charge is 2.28. The number of carbonyl (C=O) groups is 2. The quantitative estimate of drug-likeness (QED) is 0.509. The first-order valence-corrected chi connectivity index (χ1v) is 8.33. The largest absolute Gasteiger partial charge is 0.325 e. The van der Waals surface area contributed by atoms with Crippen molar-refractivity contribution < 1.29 is 14.0 Å². The molecule has 0 aliphatic rings. The summed E-state index contributed by atoms with van der Waals surface area (Å²) in [5, 5.41) is 11.8. The van der Waals surface area contributed by atoms with E-state index in [0.29, 0.717) is 5.69 Å². The molecule has 24 heavy (non-hydrogen) atoms. The molecule has 0 aromatic heterocycles. The molecular formula is C18H15FN2O2S. The van der Waals surface area contributed by atoms with Crippen LogP contribution in [0, 0.1) is 30.0 Å². The minimum Gasteiger partial charge on any atom is -0.325 e. The number of carbonyl (C=O) groups excluding carboxylic acids is 2. The molecule has 6 heteroatoms. The zero-order chi connectivity index (χ0) is 17.7. The van der Waals surface area contributed by atoms with Crippen molar-refractivity contribution >= 4 is 29.1 Å². The Kier molecular flexibility index (Phi) is 5.72. The van der Waals surface area contributed by atoms with Gasteiger partial charge < -0.3 is 5.32 Å². The van der Waals surface area contributed by atoms with E-state index in [4.69, 9.17) is 0 Å². The van der Waals surface area contributed by atoms with E-state index in [9.17, 15) is 19.2 Å². The Bertz CT molecular complexity index is 830. The number of nitrogens with zero attached hydrogens (tertiary/aromatic N) is 1. The summed E-state index contributed by atoms with van der Waals surface area (Å²) in [5.74, 6) is -3.30. The Balaban J connectivity index is 2.22. The molecule has 0 heterocycles. The Morgan fingerprint density at radius 2 is 2.00 bits per heavy atom. The zero-order valence-corrected chi connectivity index (χ0v) is 14.0. The van der Waals surface area contributed by atoms with Gasteiger partial charge >= 0.3 is 0 Å². The van der Waals surface area contributed by atoms with Gasteiger partial charge in [-0.1, -0.05) is 12.1 Å². The average Bonchev–Trinajstić information content (AvgIpc) is 2.55. The molecule has 0 aliphatic heterocycles. The highest BCUT2D eigenvalue weighted by Crippen LogP contribution is 2.22. The summed E-state index contributed by atoms with van der Waals surface area (Å²) in [4.78, 5) is 25.0. The van der Waals surface area contributed by atoms with E-state index >= 15 is 0 Å². The van der Waals surface area contributed by atoms with Gasteiger partial charge in [0.2, 0.25) is 5.91 Å². The molecule has 0 saturated carbocycles. The van der Waals surface area contributed by atoms with Crippen LogP contribution in [-0.4, -0.2) is 17.9 Å². The molecule has 0 unspecified atom stereocenters. The summed E-state index contributed by atoms with van der Waals surface area (Å²) < 4.78 is 13.5. The van der Waals surface area contributed by atoms with Gasteiger partial charge in [-0.2, -0.15) is 5.26 Å². The zero-order valence-electron chi connectivity index (χ0n) is 13.2. The summed E-state index contributed by atoms with van der Waals surface area (Å²) in [5.41, 5.74) is 1.58. The number of benzene rings is 2. The highest BCUT2D eigenvalue weighted by atomic mass is 32.2. The Morgan fingerprint density at radius 1 is 1.25 bits per heavy atom. The van der Waals surface area contributed by atoms with Crippen LogP contribution in [0.15, 0.2) is 47.4 Å². The monoisotopic (exact) mass is 342 g/mol. The molecule has 2 aromatic rings. The minimum absolute atomic E-state index is 0.131. The van der Waals surface area contributed by atoms with Gasteiger partial charge in [0.1, 0.15) is 5.82 Å². The van der Waals surface area contributed by atoms with Crippen molar-refractivity contribution in [2.75, 3.05) is 11.6 Å². The van der Waals surface area contributed by atoms with Gasteiger partial charge in [-0.05, 0) is 49.1 Å². The average molecular weight is 342 g/mol. The molecule has 0 saturated heterocycles. The second-order valence-electron chi connectivity index (χ2n) is 5.13. The highest BCUT2D eigenvalue weighted by molar-refractivity contribution is 7.98. The number of amides is 1. The molecule has 0 aliphatic carbocycles. The SMILES string of the molecule is CSc1cc(C(=O)[C@H](C#N)C(=O)Nc2cccc(C)c2)ccc1F. The van der Waals surface area contributed by atoms with Crippen molar-refractivity contribution in [3.63, 3.8) is 0 Å². The van der Waals surface area contributed by atoms with E-state index in [0.717, 1.165) is 23.4 Å². The van der Waals surface area contributed by atoms with E-state index in [-0.39, 0.29) is 10.5 Å². The molecule has 1 atom stereocenters. The van der Waals surface area contributed by atoms with Crippen molar-refractivity contribution in [2.24, 2.45) is 5.92 Å². The predicted octanol–water partition coefficient (Wildman–Crippen LogP) is 3.82. The van der Waals surface area contributed by atoms with Crippen LogP contribution < -0.4 is 5.32 Å². The third-order valence-electron chi connectivity index (χ3n) is 3.37. The van der Waals surface area contributed by atoms with Crippen molar-refractivity contribution in [3.8, 4) is 6.07 Å². The number of aryl methyl sites for hydroxylation is 1. The first kappa shape index (κ1) is 17.7. The first-order valence-electron chi connectivity index (χ1n) is 7.11. The Labute approximate surface area is 143 Å². The number of hydrogen-bond donors (Lipinski definition) is 1. The molecule has 0 radical (unpaired) electrons. The van der Waals surface area contributed by atoms with Gasteiger partial charge in [0.05, 0.1) is 6.07 Å².